The zero-order valence-electron chi connectivity index (χ0n) is 12.9. The predicted molar refractivity (Wildman–Crippen MR) is 78.1 cm³/mol. The molecule has 1 rings (SSSR count). The van der Waals surface area contributed by atoms with E-state index < -0.39 is 0 Å². The molecule has 3 heteroatoms. The first-order valence-electron chi connectivity index (χ1n) is 6.87. The Labute approximate surface area is 116 Å². The van der Waals surface area contributed by atoms with Crippen LogP contribution in [0, 0.1) is 18.7 Å². The van der Waals surface area contributed by atoms with Gasteiger partial charge in [-0.25, -0.2) is 4.39 Å². The van der Waals surface area contributed by atoms with Crippen molar-refractivity contribution in [2.75, 3.05) is 6.54 Å². The lowest BCUT2D eigenvalue weighted by Gasteiger charge is -2.28. The molecule has 0 radical (unpaired) electrons. The molecule has 0 bridgehead atoms. The van der Waals surface area contributed by atoms with Crippen molar-refractivity contribution in [3.8, 4) is 5.75 Å². The first kappa shape index (κ1) is 16.0. The normalized spacial score (nSPS) is 13.7. The van der Waals surface area contributed by atoms with Crippen LogP contribution < -0.4 is 10.1 Å². The maximum Gasteiger partial charge on any atom is 0.126 e. The molecule has 0 amide bonds. The fourth-order valence-corrected chi connectivity index (χ4v) is 1.68. The van der Waals surface area contributed by atoms with Gasteiger partial charge in [-0.05, 0) is 45.2 Å². The van der Waals surface area contributed by atoms with E-state index in [2.05, 4.69) is 39.9 Å². The summed E-state index contributed by atoms with van der Waals surface area (Å²) in [5, 5.41) is 3.44. The molecule has 1 unspecified atom stereocenters. The smallest absolute Gasteiger partial charge is 0.126 e. The Bertz CT molecular complexity index is 410. The minimum atomic E-state index is -0.258. The molecule has 0 saturated carbocycles. The average molecular weight is 267 g/mol. The van der Waals surface area contributed by atoms with Crippen LogP contribution in [-0.2, 0) is 0 Å². The van der Waals surface area contributed by atoms with Gasteiger partial charge >= 0.3 is 0 Å². The highest BCUT2D eigenvalue weighted by Crippen LogP contribution is 2.22. The summed E-state index contributed by atoms with van der Waals surface area (Å²) in [7, 11) is 0. The highest BCUT2D eigenvalue weighted by atomic mass is 19.1. The molecule has 19 heavy (non-hydrogen) atoms. The maximum atomic E-state index is 13.3. The van der Waals surface area contributed by atoms with Crippen LogP contribution >= 0.6 is 0 Å². The van der Waals surface area contributed by atoms with Gasteiger partial charge < -0.3 is 10.1 Å². The van der Waals surface area contributed by atoms with E-state index in [0.29, 0.717) is 11.7 Å². The van der Waals surface area contributed by atoms with Crippen LogP contribution in [0.15, 0.2) is 18.2 Å². The molecule has 0 heterocycles. The van der Waals surface area contributed by atoms with Gasteiger partial charge in [-0.1, -0.05) is 19.9 Å². The fraction of sp³-hybridized carbons (Fsp3) is 0.625. The minimum absolute atomic E-state index is 0.0275. The molecule has 1 aromatic rings. The number of aryl methyl sites for hydroxylation is 1. The minimum Gasteiger partial charge on any atom is -0.488 e. The molecule has 1 atom stereocenters. The molecule has 0 fully saturated rings. The maximum absolute atomic E-state index is 13.3. The summed E-state index contributed by atoms with van der Waals surface area (Å²) < 4.78 is 19.3. The van der Waals surface area contributed by atoms with Crippen LogP contribution in [0.2, 0.25) is 0 Å². The van der Waals surface area contributed by atoms with Crippen molar-refractivity contribution in [1.82, 2.24) is 5.32 Å². The van der Waals surface area contributed by atoms with Gasteiger partial charge in [-0.15, -0.1) is 0 Å². The lowest BCUT2D eigenvalue weighted by Crippen LogP contribution is -2.44. The van der Waals surface area contributed by atoms with Crippen molar-refractivity contribution in [2.45, 2.75) is 53.2 Å². The number of nitrogens with one attached hydrogen (secondary N) is 1. The van der Waals surface area contributed by atoms with Gasteiger partial charge in [-0.3, -0.25) is 0 Å². The van der Waals surface area contributed by atoms with Crippen LogP contribution in [0.25, 0.3) is 0 Å². The Hall–Kier alpha value is -1.09. The van der Waals surface area contributed by atoms with E-state index in [1.807, 2.05) is 6.92 Å². The molecule has 0 aromatic heterocycles. The number of benzene rings is 1. The first-order valence-corrected chi connectivity index (χ1v) is 6.87. The molecule has 108 valence electrons. The second-order valence-corrected chi connectivity index (χ2v) is 6.44. The van der Waals surface area contributed by atoms with Gasteiger partial charge in [0.25, 0.3) is 0 Å². The zero-order chi connectivity index (χ0) is 14.6. The summed E-state index contributed by atoms with van der Waals surface area (Å²) in [6.07, 6.45) is 0.0275. The van der Waals surface area contributed by atoms with E-state index in [1.165, 1.54) is 12.1 Å². The summed E-state index contributed by atoms with van der Waals surface area (Å²) in [6, 6.07) is 4.67. The lowest BCUT2D eigenvalue weighted by atomic mass is 10.0. The van der Waals surface area contributed by atoms with Crippen molar-refractivity contribution >= 4 is 0 Å². The first-order chi connectivity index (χ1) is 8.69. The molecule has 0 saturated heterocycles. The number of hydrogen-bond donors (Lipinski definition) is 1. The summed E-state index contributed by atoms with van der Waals surface area (Å²) in [4.78, 5) is 0. The Balaban J connectivity index is 2.75. The van der Waals surface area contributed by atoms with E-state index in [-0.39, 0.29) is 17.5 Å². The third-order valence-corrected chi connectivity index (χ3v) is 3.01. The van der Waals surface area contributed by atoms with Crippen LogP contribution in [0.4, 0.5) is 4.39 Å². The van der Waals surface area contributed by atoms with Gasteiger partial charge in [0.2, 0.25) is 0 Å². The highest BCUT2D eigenvalue weighted by molar-refractivity contribution is 5.32. The van der Waals surface area contributed by atoms with Crippen LogP contribution in [0.1, 0.15) is 40.2 Å². The second-order valence-electron chi connectivity index (χ2n) is 6.44. The van der Waals surface area contributed by atoms with Crippen LogP contribution in [0.3, 0.4) is 0 Å². The van der Waals surface area contributed by atoms with Gasteiger partial charge in [0.1, 0.15) is 17.7 Å². The topological polar surface area (TPSA) is 21.3 Å². The van der Waals surface area contributed by atoms with Crippen molar-refractivity contribution in [1.29, 1.82) is 0 Å². The predicted octanol–water partition coefficient (Wildman–Crippen LogP) is 3.93. The quantitative estimate of drug-likeness (QED) is 0.873. The second kappa shape index (κ2) is 6.38. The van der Waals surface area contributed by atoms with Crippen molar-refractivity contribution in [3.05, 3.63) is 29.6 Å². The Kier molecular flexibility index (Phi) is 5.36. The van der Waals surface area contributed by atoms with Crippen molar-refractivity contribution in [3.63, 3.8) is 0 Å². The van der Waals surface area contributed by atoms with E-state index >= 15 is 0 Å². The van der Waals surface area contributed by atoms with E-state index in [0.717, 1.165) is 12.1 Å². The Morgan fingerprint density at radius 1 is 1.26 bits per heavy atom. The van der Waals surface area contributed by atoms with Gasteiger partial charge in [-0.2, -0.15) is 0 Å². The number of hydrogen-bond acceptors (Lipinski definition) is 2. The SMILES string of the molecule is Cc1ccc(F)cc1OC(CNC(C)(C)C)C(C)C. The Morgan fingerprint density at radius 2 is 1.89 bits per heavy atom. The number of halogens is 1. The van der Waals surface area contributed by atoms with Crippen LogP contribution in [-0.4, -0.2) is 18.2 Å². The highest BCUT2D eigenvalue weighted by Gasteiger charge is 2.19. The third-order valence-electron chi connectivity index (χ3n) is 3.01. The molecule has 0 aliphatic heterocycles. The third kappa shape index (κ3) is 5.60. The van der Waals surface area contributed by atoms with E-state index in [4.69, 9.17) is 4.74 Å². The van der Waals surface area contributed by atoms with Gasteiger partial charge in [0.15, 0.2) is 0 Å². The monoisotopic (exact) mass is 267 g/mol. The molecular formula is C16H26FNO. The van der Waals surface area contributed by atoms with Crippen molar-refractivity contribution < 1.29 is 9.13 Å². The van der Waals surface area contributed by atoms with Gasteiger partial charge in [0.05, 0.1) is 0 Å². The summed E-state index contributed by atoms with van der Waals surface area (Å²) in [5.74, 6) is 0.735. The number of rotatable bonds is 5. The molecule has 0 spiro atoms. The van der Waals surface area contributed by atoms with Crippen molar-refractivity contribution in [2.24, 2.45) is 5.92 Å². The zero-order valence-corrected chi connectivity index (χ0v) is 12.9. The van der Waals surface area contributed by atoms with E-state index in [1.54, 1.807) is 6.07 Å². The fourth-order valence-electron chi connectivity index (χ4n) is 1.68. The molecule has 1 aromatic carbocycles. The van der Waals surface area contributed by atoms with Crippen LogP contribution in [0.5, 0.6) is 5.75 Å². The summed E-state index contributed by atoms with van der Waals surface area (Å²) >= 11 is 0. The van der Waals surface area contributed by atoms with Gasteiger partial charge in [0, 0.05) is 18.2 Å². The number of ether oxygens (including phenoxy) is 1. The average Bonchev–Trinajstić information content (AvgIpc) is 2.27. The molecule has 0 aliphatic carbocycles. The standard InChI is InChI=1S/C16H26FNO/c1-11(2)15(10-18-16(4,5)6)19-14-9-13(17)8-7-12(14)3/h7-9,11,15,18H,10H2,1-6H3. The molecule has 1 N–H and O–H groups in total. The largest absolute Gasteiger partial charge is 0.488 e. The lowest BCUT2D eigenvalue weighted by molar-refractivity contribution is 0.138. The molecular weight excluding hydrogens is 241 g/mol. The molecule has 0 aliphatic rings. The Morgan fingerprint density at radius 3 is 2.42 bits per heavy atom. The summed E-state index contributed by atoms with van der Waals surface area (Å²) in [5.41, 5.74) is 1.01. The molecule has 2 nitrogen and oxygen atoms in total. The van der Waals surface area contributed by atoms with E-state index in [9.17, 15) is 4.39 Å². The summed E-state index contributed by atoms with van der Waals surface area (Å²) in [6.45, 7) is 13.3.